The third kappa shape index (κ3) is 4.16. The Labute approximate surface area is 192 Å². The maximum Gasteiger partial charge on any atom is 0.414 e. The molecule has 0 unspecified atom stereocenters. The molecule has 5 rings (SSSR count). The number of hydrogen-bond donors (Lipinski definition) is 1. The van der Waals surface area contributed by atoms with Crippen molar-refractivity contribution in [1.29, 1.82) is 0 Å². The lowest BCUT2D eigenvalue weighted by molar-refractivity contribution is 0.175. The van der Waals surface area contributed by atoms with Crippen LogP contribution in [0.5, 0.6) is 11.8 Å². The predicted molar refractivity (Wildman–Crippen MR) is 121 cm³/mol. The number of carbonyl (C=O) groups excluding carboxylic acids is 1. The van der Waals surface area contributed by atoms with Crippen molar-refractivity contribution >= 4 is 11.8 Å². The van der Waals surface area contributed by atoms with Crippen LogP contribution in [0.2, 0.25) is 0 Å². The zero-order valence-electron chi connectivity index (χ0n) is 18.8. The molecule has 9 heteroatoms. The molecule has 1 N–H and O–H groups in total. The van der Waals surface area contributed by atoms with E-state index in [0.717, 1.165) is 40.8 Å². The van der Waals surface area contributed by atoms with Crippen LogP contribution in [0.25, 0.3) is 11.1 Å². The number of aliphatic hydroxyl groups is 1. The zero-order chi connectivity index (χ0) is 22.9. The molecule has 1 atom stereocenters. The third-order valence-electron chi connectivity index (χ3n) is 6.28. The van der Waals surface area contributed by atoms with E-state index in [4.69, 9.17) is 9.47 Å². The number of aromatic nitrogens is 4. The number of hydrogen-bond acceptors (Lipinski definition) is 7. The maximum atomic E-state index is 12.5. The molecule has 1 aromatic carbocycles. The third-order valence-corrected chi connectivity index (χ3v) is 6.28. The van der Waals surface area contributed by atoms with Crippen molar-refractivity contribution in [1.82, 2.24) is 19.7 Å². The van der Waals surface area contributed by atoms with Gasteiger partial charge in [-0.3, -0.25) is 9.58 Å². The second kappa shape index (κ2) is 8.82. The summed E-state index contributed by atoms with van der Waals surface area (Å²) < 4.78 is 13.0. The van der Waals surface area contributed by atoms with Crippen LogP contribution in [-0.4, -0.2) is 50.7 Å². The Morgan fingerprint density at radius 3 is 2.67 bits per heavy atom. The van der Waals surface area contributed by atoms with Gasteiger partial charge in [-0.1, -0.05) is 0 Å². The molecule has 1 fully saturated rings. The van der Waals surface area contributed by atoms with Crippen LogP contribution in [0.4, 0.5) is 10.5 Å². The molecule has 0 radical (unpaired) electrons. The van der Waals surface area contributed by atoms with Crippen molar-refractivity contribution in [3.63, 3.8) is 0 Å². The van der Waals surface area contributed by atoms with Crippen LogP contribution in [-0.2, 0) is 17.7 Å². The second-order valence-electron chi connectivity index (χ2n) is 8.56. The van der Waals surface area contributed by atoms with Crippen LogP contribution in [0.1, 0.15) is 43.2 Å². The van der Waals surface area contributed by atoms with Crippen LogP contribution < -0.4 is 9.64 Å². The smallest absolute Gasteiger partial charge is 0.414 e. The minimum atomic E-state index is -0.400. The Bertz CT molecular complexity index is 1160. The lowest BCUT2D eigenvalue weighted by Crippen LogP contribution is -2.42. The highest BCUT2D eigenvalue weighted by Gasteiger charge is 2.33. The first-order valence-corrected chi connectivity index (χ1v) is 11.3. The molecule has 0 spiro atoms. The number of ether oxygens (including phenoxy) is 2. The van der Waals surface area contributed by atoms with Gasteiger partial charge in [0.05, 0.1) is 32.1 Å². The molecular weight excluding hydrogens is 422 g/mol. The number of benzene rings is 1. The second-order valence-corrected chi connectivity index (χ2v) is 8.56. The number of nitrogens with zero attached hydrogens (tertiary/aromatic N) is 5. The van der Waals surface area contributed by atoms with Gasteiger partial charge in [-0.2, -0.15) is 5.10 Å². The molecule has 2 aliphatic rings. The number of anilines is 1. The standard InChI is InChI=1S/C24H27N5O4/c1-15-3-6-20-21(29(15)24(31)32-2)8-7-19(18-13-27-28(14-18)9-10-30)22(20)33-23-25-11-17(12-26-23)16-4-5-16/h7-8,11-16,30H,3-6,9-10H2,1-2H3/t15-/m0/s1. The molecule has 172 valence electrons. The largest absolute Gasteiger partial charge is 0.452 e. The Morgan fingerprint density at radius 1 is 1.18 bits per heavy atom. The molecule has 9 nitrogen and oxygen atoms in total. The molecular formula is C24H27N5O4. The minimum absolute atomic E-state index is 0.00181. The highest BCUT2D eigenvalue weighted by atomic mass is 16.5. The van der Waals surface area contributed by atoms with E-state index >= 15 is 0 Å². The molecule has 1 saturated carbocycles. The lowest BCUT2D eigenvalue weighted by Gasteiger charge is -2.35. The number of methoxy groups -OCH3 is 1. The average molecular weight is 450 g/mol. The van der Waals surface area contributed by atoms with E-state index in [1.807, 2.05) is 37.6 Å². The quantitative estimate of drug-likeness (QED) is 0.609. The van der Waals surface area contributed by atoms with Gasteiger partial charge in [0.2, 0.25) is 0 Å². The van der Waals surface area contributed by atoms with Crippen molar-refractivity contribution in [3.8, 4) is 22.9 Å². The lowest BCUT2D eigenvalue weighted by atomic mass is 9.92. The van der Waals surface area contributed by atoms with E-state index < -0.39 is 6.09 Å². The summed E-state index contributed by atoms with van der Waals surface area (Å²) in [5.41, 5.74) is 4.47. The molecule has 2 aromatic heterocycles. The Balaban J connectivity index is 1.59. The van der Waals surface area contributed by atoms with Crippen molar-refractivity contribution in [2.75, 3.05) is 18.6 Å². The highest BCUT2D eigenvalue weighted by molar-refractivity contribution is 5.92. The van der Waals surface area contributed by atoms with Gasteiger partial charge in [0.25, 0.3) is 0 Å². The minimum Gasteiger partial charge on any atom is -0.452 e. The first-order chi connectivity index (χ1) is 16.1. The normalized spacial score (nSPS) is 17.5. The Hall–Kier alpha value is -3.46. The molecule has 0 saturated heterocycles. The van der Waals surface area contributed by atoms with Crippen LogP contribution in [0.3, 0.4) is 0 Å². The highest BCUT2D eigenvalue weighted by Crippen LogP contribution is 2.45. The molecule has 1 aliphatic heterocycles. The summed E-state index contributed by atoms with van der Waals surface area (Å²) in [5, 5.41) is 13.6. The first kappa shape index (κ1) is 21.4. The fourth-order valence-electron chi connectivity index (χ4n) is 4.35. The first-order valence-electron chi connectivity index (χ1n) is 11.3. The van der Waals surface area contributed by atoms with E-state index in [1.165, 1.54) is 20.0 Å². The summed E-state index contributed by atoms with van der Waals surface area (Å²) in [5.74, 6) is 1.17. The van der Waals surface area contributed by atoms with Gasteiger partial charge < -0.3 is 14.6 Å². The van der Waals surface area contributed by atoms with Gasteiger partial charge in [0.15, 0.2) is 0 Å². The molecule has 3 heterocycles. The van der Waals surface area contributed by atoms with Gasteiger partial charge in [0.1, 0.15) is 5.75 Å². The van der Waals surface area contributed by atoms with Crippen LogP contribution in [0, 0.1) is 0 Å². The predicted octanol–water partition coefficient (Wildman–Crippen LogP) is 3.91. The van der Waals surface area contributed by atoms with Gasteiger partial charge >= 0.3 is 12.1 Å². The van der Waals surface area contributed by atoms with E-state index in [9.17, 15) is 9.90 Å². The fourth-order valence-corrected chi connectivity index (χ4v) is 4.35. The Morgan fingerprint density at radius 2 is 1.97 bits per heavy atom. The fraction of sp³-hybridized carbons (Fsp3) is 0.417. The van der Waals surface area contributed by atoms with Crippen molar-refractivity contribution < 1.29 is 19.4 Å². The van der Waals surface area contributed by atoms with Crippen LogP contribution in [0.15, 0.2) is 36.9 Å². The van der Waals surface area contributed by atoms with Gasteiger partial charge in [-0.05, 0) is 56.2 Å². The number of fused-ring (bicyclic) bond motifs is 1. The zero-order valence-corrected chi connectivity index (χ0v) is 18.8. The van der Waals surface area contributed by atoms with E-state index in [-0.39, 0.29) is 18.7 Å². The summed E-state index contributed by atoms with van der Waals surface area (Å²) in [6.07, 6.45) is 10.7. The van der Waals surface area contributed by atoms with E-state index in [1.54, 1.807) is 15.8 Å². The maximum absolute atomic E-state index is 12.5. The summed E-state index contributed by atoms with van der Waals surface area (Å²) >= 11 is 0. The van der Waals surface area contributed by atoms with Crippen LogP contribution >= 0.6 is 0 Å². The summed E-state index contributed by atoms with van der Waals surface area (Å²) in [7, 11) is 1.39. The van der Waals surface area contributed by atoms with Crippen molar-refractivity contribution in [2.45, 2.75) is 51.1 Å². The van der Waals surface area contributed by atoms with Gasteiger partial charge in [-0.15, -0.1) is 0 Å². The SMILES string of the molecule is COC(=O)N1c2ccc(-c3cnn(CCO)c3)c(Oc3ncc(C4CC4)cn3)c2CC[C@@H]1C. The van der Waals surface area contributed by atoms with Gasteiger partial charge in [0, 0.05) is 41.3 Å². The monoisotopic (exact) mass is 449 g/mol. The molecule has 3 aromatic rings. The topological polar surface area (TPSA) is 103 Å². The van der Waals surface area contributed by atoms with Crippen molar-refractivity contribution in [3.05, 3.63) is 48.0 Å². The van der Waals surface area contributed by atoms with Gasteiger partial charge in [-0.25, -0.2) is 14.8 Å². The average Bonchev–Trinajstić information content (AvgIpc) is 3.58. The summed E-state index contributed by atoms with van der Waals surface area (Å²) in [6, 6.07) is 4.11. The van der Waals surface area contributed by atoms with E-state index in [2.05, 4.69) is 15.1 Å². The molecule has 1 aliphatic carbocycles. The number of rotatable bonds is 6. The number of amides is 1. The Kier molecular flexibility index (Phi) is 5.72. The van der Waals surface area contributed by atoms with Crippen molar-refractivity contribution in [2.24, 2.45) is 0 Å². The molecule has 0 bridgehead atoms. The summed E-state index contributed by atoms with van der Waals surface area (Å²) in [6.45, 7) is 2.41. The molecule has 1 amide bonds. The van der Waals surface area contributed by atoms with E-state index in [0.29, 0.717) is 18.2 Å². The molecule has 33 heavy (non-hydrogen) atoms. The number of aliphatic hydroxyl groups excluding tert-OH is 1. The summed E-state index contributed by atoms with van der Waals surface area (Å²) in [4.78, 5) is 23.1. The number of carbonyl (C=O) groups is 1.